The molecule has 5 nitrogen and oxygen atoms in total. The fourth-order valence-corrected chi connectivity index (χ4v) is 4.17. The number of anilines is 1. The molecule has 2 aromatic heterocycles. The van der Waals surface area contributed by atoms with Crippen molar-refractivity contribution in [1.29, 1.82) is 0 Å². The van der Waals surface area contributed by atoms with Crippen molar-refractivity contribution in [2.45, 2.75) is 20.8 Å². The van der Waals surface area contributed by atoms with Crippen molar-refractivity contribution in [3.8, 4) is 0 Å². The van der Waals surface area contributed by atoms with E-state index < -0.39 is 0 Å². The first kappa shape index (κ1) is 17.0. The molecule has 0 radical (unpaired) electrons. The van der Waals surface area contributed by atoms with Gasteiger partial charge in [0.05, 0.1) is 11.1 Å². The Morgan fingerprint density at radius 2 is 1.88 bits per heavy atom. The largest absolute Gasteiger partial charge is 0.345 e. The van der Waals surface area contributed by atoms with Gasteiger partial charge in [-0.05, 0) is 38.0 Å². The average molecular weight is 366 g/mol. The number of hydrogen-bond acceptors (Lipinski definition) is 5. The number of benzene rings is 1. The summed E-state index contributed by atoms with van der Waals surface area (Å²) in [5.41, 5.74) is 4.93. The third-order valence-electron chi connectivity index (χ3n) is 5.12. The minimum absolute atomic E-state index is 0.0996. The monoisotopic (exact) mass is 366 g/mol. The Hall–Kier alpha value is -2.47. The molecule has 0 bridgehead atoms. The molecule has 1 saturated heterocycles. The quantitative estimate of drug-likeness (QED) is 0.696. The maximum Gasteiger partial charge on any atom is 0.254 e. The zero-order chi connectivity index (χ0) is 18.3. The van der Waals surface area contributed by atoms with Gasteiger partial charge in [-0.1, -0.05) is 12.1 Å². The fourth-order valence-electron chi connectivity index (χ4n) is 3.48. The van der Waals surface area contributed by atoms with Gasteiger partial charge in [0.1, 0.15) is 0 Å². The van der Waals surface area contributed by atoms with E-state index in [4.69, 9.17) is 0 Å². The number of aryl methyl sites for hydroxylation is 3. The minimum Gasteiger partial charge on any atom is -0.345 e. The van der Waals surface area contributed by atoms with Gasteiger partial charge >= 0.3 is 0 Å². The summed E-state index contributed by atoms with van der Waals surface area (Å²) >= 11 is 1.65. The van der Waals surface area contributed by atoms with Crippen LogP contribution in [0, 0.1) is 20.8 Å². The highest BCUT2D eigenvalue weighted by molar-refractivity contribution is 7.13. The van der Waals surface area contributed by atoms with Crippen LogP contribution in [0.4, 0.5) is 5.13 Å². The maximum atomic E-state index is 13.2. The van der Waals surface area contributed by atoms with Gasteiger partial charge in [-0.3, -0.25) is 9.78 Å². The first-order valence-electron chi connectivity index (χ1n) is 8.86. The molecule has 3 heterocycles. The Bertz CT molecular complexity index is 960. The summed E-state index contributed by atoms with van der Waals surface area (Å²) in [6.45, 7) is 9.18. The van der Waals surface area contributed by atoms with E-state index in [2.05, 4.69) is 34.8 Å². The number of carbonyl (C=O) groups excluding carboxylic acids is 1. The number of nitrogens with zero attached hydrogens (tertiary/aromatic N) is 4. The number of amides is 1. The number of carbonyl (C=O) groups is 1. The second-order valence-electron chi connectivity index (χ2n) is 6.81. The summed E-state index contributed by atoms with van der Waals surface area (Å²) in [4.78, 5) is 26.5. The molecule has 0 aliphatic carbocycles. The van der Waals surface area contributed by atoms with Gasteiger partial charge < -0.3 is 9.80 Å². The number of rotatable bonds is 2. The summed E-state index contributed by atoms with van der Waals surface area (Å²) in [5.74, 6) is 0.0996. The highest BCUT2D eigenvalue weighted by atomic mass is 32.1. The van der Waals surface area contributed by atoms with Gasteiger partial charge in [-0.15, -0.1) is 11.3 Å². The summed E-state index contributed by atoms with van der Waals surface area (Å²) in [7, 11) is 0. The van der Waals surface area contributed by atoms with Crippen LogP contribution < -0.4 is 4.90 Å². The second kappa shape index (κ2) is 6.68. The molecule has 0 spiro atoms. The van der Waals surface area contributed by atoms with Crippen LogP contribution in [0.25, 0.3) is 10.9 Å². The topological polar surface area (TPSA) is 49.3 Å². The van der Waals surface area contributed by atoms with Crippen LogP contribution in [0.2, 0.25) is 0 Å². The van der Waals surface area contributed by atoms with E-state index in [-0.39, 0.29) is 5.91 Å². The van der Waals surface area contributed by atoms with Crippen molar-refractivity contribution in [3.63, 3.8) is 0 Å². The van der Waals surface area contributed by atoms with E-state index >= 15 is 0 Å². The Kier molecular flexibility index (Phi) is 4.36. The molecule has 1 aliphatic rings. The molecule has 1 fully saturated rings. The van der Waals surface area contributed by atoms with Crippen molar-refractivity contribution >= 4 is 33.3 Å². The molecule has 26 heavy (non-hydrogen) atoms. The number of hydrogen-bond donors (Lipinski definition) is 0. The van der Waals surface area contributed by atoms with Gasteiger partial charge in [0.2, 0.25) is 0 Å². The number of aromatic nitrogens is 2. The lowest BCUT2D eigenvalue weighted by atomic mass is 10.00. The van der Waals surface area contributed by atoms with Crippen LogP contribution in [-0.2, 0) is 0 Å². The lowest BCUT2D eigenvalue weighted by Crippen LogP contribution is -2.48. The Morgan fingerprint density at radius 3 is 2.58 bits per heavy atom. The third kappa shape index (κ3) is 2.94. The molecule has 1 aromatic carbocycles. The number of thiazole rings is 1. The SMILES string of the molecule is Cc1cc(C(=O)N2CCN(c3nccs3)CC2)c2ccc(C)c(C)c2n1. The van der Waals surface area contributed by atoms with Gasteiger partial charge in [0, 0.05) is 48.8 Å². The normalized spacial score (nSPS) is 14.9. The van der Waals surface area contributed by atoms with Gasteiger partial charge in [0.15, 0.2) is 5.13 Å². The van der Waals surface area contributed by atoms with Crippen LogP contribution in [-0.4, -0.2) is 47.0 Å². The first-order chi connectivity index (χ1) is 12.5. The zero-order valence-corrected chi connectivity index (χ0v) is 16.1. The smallest absolute Gasteiger partial charge is 0.254 e. The molecule has 134 valence electrons. The molecule has 0 atom stereocenters. The maximum absolute atomic E-state index is 13.2. The van der Waals surface area contributed by atoms with Crippen molar-refractivity contribution in [2.75, 3.05) is 31.1 Å². The molecule has 3 aromatic rings. The van der Waals surface area contributed by atoms with Gasteiger partial charge in [-0.2, -0.15) is 0 Å². The van der Waals surface area contributed by atoms with Crippen LogP contribution in [0.15, 0.2) is 29.8 Å². The van der Waals surface area contributed by atoms with E-state index in [9.17, 15) is 4.79 Å². The number of fused-ring (bicyclic) bond motifs is 1. The molecule has 0 saturated carbocycles. The van der Waals surface area contributed by atoms with E-state index in [1.165, 1.54) is 5.56 Å². The van der Waals surface area contributed by atoms with Gasteiger partial charge in [-0.25, -0.2) is 4.98 Å². The van der Waals surface area contributed by atoms with Gasteiger partial charge in [0.25, 0.3) is 5.91 Å². The van der Waals surface area contributed by atoms with Crippen molar-refractivity contribution in [1.82, 2.24) is 14.9 Å². The number of pyridine rings is 1. The summed E-state index contributed by atoms with van der Waals surface area (Å²) in [5, 5.41) is 3.97. The summed E-state index contributed by atoms with van der Waals surface area (Å²) in [6, 6.07) is 6.03. The summed E-state index contributed by atoms with van der Waals surface area (Å²) < 4.78 is 0. The standard InChI is InChI=1S/C20H22N4OS/c1-13-4-5-16-17(12-14(2)22-18(16)15(13)3)19(25)23-7-9-24(10-8-23)20-21-6-11-26-20/h4-6,11-12H,7-10H2,1-3H3. The average Bonchev–Trinajstić information content (AvgIpc) is 3.19. The molecule has 1 amide bonds. The first-order valence-corrected chi connectivity index (χ1v) is 9.74. The number of piperazine rings is 1. The van der Waals surface area contributed by atoms with Crippen LogP contribution >= 0.6 is 11.3 Å². The third-order valence-corrected chi connectivity index (χ3v) is 5.95. The summed E-state index contributed by atoms with van der Waals surface area (Å²) in [6.07, 6.45) is 1.83. The predicted molar refractivity (Wildman–Crippen MR) is 106 cm³/mol. The highest BCUT2D eigenvalue weighted by Gasteiger charge is 2.25. The fraction of sp³-hybridized carbons (Fsp3) is 0.350. The molecular weight excluding hydrogens is 344 g/mol. The van der Waals surface area contributed by atoms with E-state index in [0.29, 0.717) is 13.1 Å². The molecule has 0 unspecified atom stereocenters. The second-order valence-corrected chi connectivity index (χ2v) is 7.68. The van der Waals surface area contributed by atoms with Crippen molar-refractivity contribution in [2.24, 2.45) is 0 Å². The van der Waals surface area contributed by atoms with Crippen molar-refractivity contribution < 1.29 is 4.79 Å². The van der Waals surface area contributed by atoms with Crippen LogP contribution in [0.3, 0.4) is 0 Å². The lowest BCUT2D eigenvalue weighted by molar-refractivity contribution is 0.0748. The minimum atomic E-state index is 0.0996. The van der Waals surface area contributed by atoms with Crippen LogP contribution in [0.5, 0.6) is 0 Å². The molecular formula is C20H22N4OS. The molecule has 0 N–H and O–H groups in total. The zero-order valence-electron chi connectivity index (χ0n) is 15.3. The Morgan fingerprint density at radius 1 is 1.12 bits per heavy atom. The molecule has 1 aliphatic heterocycles. The molecule has 6 heteroatoms. The van der Waals surface area contributed by atoms with E-state index in [1.54, 1.807) is 11.3 Å². The van der Waals surface area contributed by atoms with Crippen LogP contribution in [0.1, 0.15) is 27.2 Å². The Labute approximate surface area is 157 Å². The van der Waals surface area contributed by atoms with Crippen molar-refractivity contribution in [3.05, 3.63) is 52.2 Å². The Balaban J connectivity index is 1.62. The van der Waals surface area contributed by atoms with E-state index in [1.807, 2.05) is 35.5 Å². The van der Waals surface area contributed by atoms with E-state index in [0.717, 1.165) is 45.9 Å². The lowest BCUT2D eigenvalue weighted by Gasteiger charge is -2.34. The predicted octanol–water partition coefficient (Wildman–Crippen LogP) is 3.58. The molecule has 4 rings (SSSR count). The highest BCUT2D eigenvalue weighted by Crippen LogP contribution is 2.26.